The van der Waals surface area contributed by atoms with Gasteiger partial charge in [-0.1, -0.05) is 23.7 Å². The SMILES string of the molecule is CC(C)N(CC(N)=O)C(=O)Cc1ccc(Cl)cc1. The molecular formula is C13H17ClN2O2. The molecule has 0 fully saturated rings. The molecule has 0 aliphatic heterocycles. The van der Waals surface area contributed by atoms with Crippen LogP contribution >= 0.6 is 11.6 Å². The van der Waals surface area contributed by atoms with E-state index in [0.717, 1.165) is 5.56 Å². The lowest BCUT2D eigenvalue weighted by atomic mass is 10.1. The third-order valence-electron chi connectivity index (χ3n) is 2.54. The Labute approximate surface area is 112 Å². The molecular weight excluding hydrogens is 252 g/mol. The summed E-state index contributed by atoms with van der Waals surface area (Å²) in [7, 11) is 0. The van der Waals surface area contributed by atoms with Crippen molar-refractivity contribution >= 4 is 23.4 Å². The Hall–Kier alpha value is -1.55. The predicted molar refractivity (Wildman–Crippen MR) is 71.2 cm³/mol. The molecule has 2 N–H and O–H groups in total. The minimum atomic E-state index is -0.506. The largest absolute Gasteiger partial charge is 0.368 e. The summed E-state index contributed by atoms with van der Waals surface area (Å²) >= 11 is 5.77. The van der Waals surface area contributed by atoms with Crippen molar-refractivity contribution in [2.45, 2.75) is 26.3 Å². The molecule has 0 radical (unpaired) electrons. The summed E-state index contributed by atoms with van der Waals surface area (Å²) in [6.45, 7) is 3.65. The van der Waals surface area contributed by atoms with Crippen molar-refractivity contribution < 1.29 is 9.59 Å². The van der Waals surface area contributed by atoms with Gasteiger partial charge in [-0.15, -0.1) is 0 Å². The van der Waals surface area contributed by atoms with Crippen LogP contribution in [0, 0.1) is 0 Å². The third kappa shape index (κ3) is 4.37. The molecule has 0 unspecified atom stereocenters. The number of carbonyl (C=O) groups is 2. The number of hydrogen-bond donors (Lipinski definition) is 1. The van der Waals surface area contributed by atoms with Crippen LogP contribution in [0.2, 0.25) is 5.02 Å². The van der Waals surface area contributed by atoms with Crippen LogP contribution in [0.25, 0.3) is 0 Å². The third-order valence-corrected chi connectivity index (χ3v) is 2.79. The average molecular weight is 269 g/mol. The first-order chi connectivity index (χ1) is 8.40. The summed E-state index contributed by atoms with van der Waals surface area (Å²) in [5.41, 5.74) is 5.99. The van der Waals surface area contributed by atoms with E-state index in [4.69, 9.17) is 17.3 Å². The number of halogens is 1. The Morgan fingerprint density at radius 3 is 2.28 bits per heavy atom. The summed E-state index contributed by atoms with van der Waals surface area (Å²) in [4.78, 5) is 24.5. The molecule has 0 aliphatic carbocycles. The van der Waals surface area contributed by atoms with Crippen LogP contribution in [0.1, 0.15) is 19.4 Å². The monoisotopic (exact) mass is 268 g/mol. The highest BCUT2D eigenvalue weighted by molar-refractivity contribution is 6.30. The molecule has 0 bridgehead atoms. The first-order valence-corrected chi connectivity index (χ1v) is 6.10. The van der Waals surface area contributed by atoms with E-state index in [1.165, 1.54) is 4.90 Å². The summed E-state index contributed by atoms with van der Waals surface area (Å²) < 4.78 is 0. The maximum atomic E-state index is 12.1. The number of benzene rings is 1. The van der Waals surface area contributed by atoms with Gasteiger partial charge in [0.15, 0.2) is 0 Å². The molecule has 0 aliphatic rings. The van der Waals surface area contributed by atoms with Crippen LogP contribution in [0.4, 0.5) is 0 Å². The predicted octanol–water partition coefficient (Wildman–Crippen LogP) is 1.60. The fraction of sp³-hybridized carbons (Fsp3) is 0.385. The van der Waals surface area contributed by atoms with Gasteiger partial charge in [0.2, 0.25) is 11.8 Å². The quantitative estimate of drug-likeness (QED) is 0.882. The maximum absolute atomic E-state index is 12.1. The summed E-state index contributed by atoms with van der Waals surface area (Å²) in [6, 6.07) is 7.00. The van der Waals surface area contributed by atoms with Crippen molar-refractivity contribution in [3.63, 3.8) is 0 Å². The molecule has 0 saturated heterocycles. The van der Waals surface area contributed by atoms with Crippen LogP contribution in [-0.4, -0.2) is 29.3 Å². The molecule has 0 atom stereocenters. The van der Waals surface area contributed by atoms with Crippen molar-refractivity contribution in [2.24, 2.45) is 5.73 Å². The van der Waals surface area contributed by atoms with Gasteiger partial charge in [-0.25, -0.2) is 0 Å². The second-order valence-corrected chi connectivity index (χ2v) is 4.82. The van der Waals surface area contributed by atoms with E-state index in [1.54, 1.807) is 24.3 Å². The number of amides is 2. The normalized spacial score (nSPS) is 10.4. The lowest BCUT2D eigenvalue weighted by Gasteiger charge is -2.25. The molecule has 5 heteroatoms. The Morgan fingerprint density at radius 1 is 1.28 bits per heavy atom. The van der Waals surface area contributed by atoms with Gasteiger partial charge >= 0.3 is 0 Å². The first-order valence-electron chi connectivity index (χ1n) is 5.72. The molecule has 1 aromatic carbocycles. The van der Waals surface area contributed by atoms with Crippen molar-refractivity contribution in [3.05, 3.63) is 34.9 Å². The number of carbonyl (C=O) groups excluding carboxylic acids is 2. The van der Waals surface area contributed by atoms with Gasteiger partial charge in [0.1, 0.15) is 0 Å². The maximum Gasteiger partial charge on any atom is 0.237 e. The zero-order valence-electron chi connectivity index (χ0n) is 10.5. The number of nitrogens with zero attached hydrogens (tertiary/aromatic N) is 1. The Morgan fingerprint density at radius 2 is 1.83 bits per heavy atom. The Balaban J connectivity index is 2.72. The zero-order chi connectivity index (χ0) is 13.7. The fourth-order valence-corrected chi connectivity index (χ4v) is 1.73. The van der Waals surface area contributed by atoms with E-state index >= 15 is 0 Å². The molecule has 98 valence electrons. The molecule has 4 nitrogen and oxygen atoms in total. The molecule has 0 saturated carbocycles. The number of rotatable bonds is 5. The second-order valence-electron chi connectivity index (χ2n) is 4.38. The molecule has 2 amide bonds. The van der Waals surface area contributed by atoms with Crippen LogP contribution in [0.3, 0.4) is 0 Å². The van der Waals surface area contributed by atoms with Crippen molar-refractivity contribution in [1.82, 2.24) is 4.90 Å². The molecule has 0 spiro atoms. The van der Waals surface area contributed by atoms with Crippen molar-refractivity contribution in [2.75, 3.05) is 6.54 Å². The van der Waals surface area contributed by atoms with Crippen molar-refractivity contribution in [1.29, 1.82) is 0 Å². The zero-order valence-corrected chi connectivity index (χ0v) is 11.3. The van der Waals surface area contributed by atoms with E-state index in [1.807, 2.05) is 13.8 Å². The van der Waals surface area contributed by atoms with Crippen LogP contribution in [0.15, 0.2) is 24.3 Å². The molecule has 18 heavy (non-hydrogen) atoms. The molecule has 1 aromatic rings. The highest BCUT2D eigenvalue weighted by Gasteiger charge is 2.18. The lowest BCUT2D eigenvalue weighted by Crippen LogP contribution is -2.43. The van der Waals surface area contributed by atoms with Crippen molar-refractivity contribution in [3.8, 4) is 0 Å². The fourth-order valence-electron chi connectivity index (χ4n) is 1.61. The first kappa shape index (κ1) is 14.5. The summed E-state index contributed by atoms with van der Waals surface area (Å²) in [6.07, 6.45) is 0.239. The minimum absolute atomic E-state index is 0.0515. The molecule has 1 rings (SSSR count). The number of primary amides is 1. The lowest BCUT2D eigenvalue weighted by molar-refractivity contribution is -0.136. The summed E-state index contributed by atoms with van der Waals surface area (Å²) in [5.74, 6) is -0.626. The average Bonchev–Trinajstić information content (AvgIpc) is 2.28. The van der Waals surface area contributed by atoms with Crippen LogP contribution in [-0.2, 0) is 16.0 Å². The van der Waals surface area contributed by atoms with Gasteiger partial charge in [-0.05, 0) is 31.5 Å². The molecule has 0 heterocycles. The van der Waals surface area contributed by atoms with E-state index in [0.29, 0.717) is 5.02 Å². The van der Waals surface area contributed by atoms with Gasteiger partial charge in [-0.3, -0.25) is 9.59 Å². The van der Waals surface area contributed by atoms with E-state index in [2.05, 4.69) is 0 Å². The van der Waals surface area contributed by atoms with Crippen LogP contribution in [0.5, 0.6) is 0 Å². The smallest absolute Gasteiger partial charge is 0.237 e. The van der Waals surface area contributed by atoms with Crippen LogP contribution < -0.4 is 5.73 Å². The van der Waals surface area contributed by atoms with Gasteiger partial charge < -0.3 is 10.6 Å². The molecule has 0 aromatic heterocycles. The van der Waals surface area contributed by atoms with E-state index in [9.17, 15) is 9.59 Å². The Bertz CT molecular complexity index is 429. The van der Waals surface area contributed by atoms with Gasteiger partial charge in [0.25, 0.3) is 0 Å². The topological polar surface area (TPSA) is 63.4 Å². The number of nitrogens with two attached hydrogens (primary N) is 1. The second kappa shape index (κ2) is 6.40. The Kier molecular flexibility index (Phi) is 5.16. The number of hydrogen-bond acceptors (Lipinski definition) is 2. The van der Waals surface area contributed by atoms with Gasteiger partial charge in [-0.2, -0.15) is 0 Å². The van der Waals surface area contributed by atoms with Gasteiger partial charge in [0, 0.05) is 11.1 Å². The highest BCUT2D eigenvalue weighted by atomic mass is 35.5. The highest BCUT2D eigenvalue weighted by Crippen LogP contribution is 2.11. The minimum Gasteiger partial charge on any atom is -0.368 e. The van der Waals surface area contributed by atoms with E-state index in [-0.39, 0.29) is 24.9 Å². The van der Waals surface area contributed by atoms with Gasteiger partial charge in [0.05, 0.1) is 13.0 Å². The van der Waals surface area contributed by atoms with E-state index < -0.39 is 5.91 Å². The standard InChI is InChI=1S/C13H17ClN2O2/c1-9(2)16(8-12(15)17)13(18)7-10-3-5-11(14)6-4-10/h3-6,9H,7-8H2,1-2H3,(H2,15,17). The summed E-state index contributed by atoms with van der Waals surface area (Å²) in [5, 5.41) is 0.629.